The number of likely N-dealkylation sites (N-methyl/N-ethyl adjacent to an activating group) is 1. The number of rotatable bonds is 7. The van der Waals surface area contributed by atoms with E-state index < -0.39 is 15.9 Å². The molecule has 0 aromatic heterocycles. The summed E-state index contributed by atoms with van der Waals surface area (Å²) in [5.74, 6) is 0.00151. The van der Waals surface area contributed by atoms with Gasteiger partial charge in [-0.1, -0.05) is 18.5 Å². The van der Waals surface area contributed by atoms with E-state index in [4.69, 9.17) is 16.3 Å². The van der Waals surface area contributed by atoms with Crippen LogP contribution in [0.1, 0.15) is 13.3 Å². The number of anilines is 1. The molecule has 0 radical (unpaired) electrons. The molecule has 0 unspecified atom stereocenters. The molecule has 0 spiro atoms. The highest BCUT2D eigenvalue weighted by atomic mass is 35.5. The molecule has 21 heavy (non-hydrogen) atoms. The first kappa shape index (κ1) is 17.7. The lowest BCUT2D eigenvalue weighted by molar-refractivity contribution is -0.116. The topological polar surface area (TPSA) is 75.7 Å². The second-order valence-electron chi connectivity index (χ2n) is 4.46. The van der Waals surface area contributed by atoms with Gasteiger partial charge in [0.15, 0.2) is 0 Å². The van der Waals surface area contributed by atoms with Gasteiger partial charge in [-0.2, -0.15) is 4.31 Å². The van der Waals surface area contributed by atoms with Gasteiger partial charge in [-0.3, -0.25) is 4.79 Å². The fourth-order valence-corrected chi connectivity index (χ4v) is 3.00. The van der Waals surface area contributed by atoms with E-state index >= 15 is 0 Å². The Bertz CT molecular complexity index is 604. The van der Waals surface area contributed by atoms with Gasteiger partial charge in [0.1, 0.15) is 5.75 Å². The smallest absolute Gasteiger partial charge is 0.239 e. The van der Waals surface area contributed by atoms with Gasteiger partial charge in [0.05, 0.1) is 25.1 Å². The standard InChI is InChI=1S/C13H19ClN2O4S/c1-4-7-21(18,19)16(2)9-13(17)15-11-8-10(14)5-6-12(11)20-3/h5-6,8H,4,7,9H2,1-3H3,(H,15,17). The zero-order valence-corrected chi connectivity index (χ0v) is 13.8. The summed E-state index contributed by atoms with van der Waals surface area (Å²) in [6, 6.07) is 4.79. The molecule has 1 aromatic rings. The van der Waals surface area contributed by atoms with Crippen LogP contribution in [-0.2, 0) is 14.8 Å². The summed E-state index contributed by atoms with van der Waals surface area (Å²) in [6.07, 6.45) is 0.496. The molecule has 1 N–H and O–H groups in total. The van der Waals surface area contributed by atoms with Crippen LogP contribution in [0.3, 0.4) is 0 Å². The number of ether oxygens (including phenoxy) is 1. The fourth-order valence-electron chi connectivity index (χ4n) is 1.68. The summed E-state index contributed by atoms with van der Waals surface area (Å²) in [5.41, 5.74) is 0.399. The van der Waals surface area contributed by atoms with E-state index in [1.165, 1.54) is 14.2 Å². The van der Waals surface area contributed by atoms with E-state index in [0.717, 1.165) is 4.31 Å². The maximum atomic E-state index is 11.9. The minimum absolute atomic E-state index is 0.0112. The number of carbonyl (C=O) groups excluding carboxylic acids is 1. The first-order valence-electron chi connectivity index (χ1n) is 6.37. The average molecular weight is 335 g/mol. The minimum Gasteiger partial charge on any atom is -0.495 e. The number of halogens is 1. The molecular weight excluding hydrogens is 316 g/mol. The first-order chi connectivity index (χ1) is 9.80. The molecule has 1 amide bonds. The summed E-state index contributed by atoms with van der Waals surface area (Å²) in [6.45, 7) is 1.50. The Morgan fingerprint density at radius 2 is 2.10 bits per heavy atom. The molecule has 0 fully saturated rings. The Morgan fingerprint density at radius 3 is 2.67 bits per heavy atom. The Kier molecular flexibility index (Phi) is 6.44. The predicted octanol–water partition coefficient (Wildman–Crippen LogP) is 1.96. The van der Waals surface area contributed by atoms with E-state index in [1.54, 1.807) is 25.1 Å². The molecule has 0 heterocycles. The first-order valence-corrected chi connectivity index (χ1v) is 8.36. The van der Waals surface area contributed by atoms with Gasteiger partial charge in [-0.25, -0.2) is 8.42 Å². The van der Waals surface area contributed by atoms with E-state index in [2.05, 4.69) is 5.32 Å². The van der Waals surface area contributed by atoms with Crippen LogP contribution >= 0.6 is 11.6 Å². The quantitative estimate of drug-likeness (QED) is 0.827. The average Bonchev–Trinajstić information content (AvgIpc) is 2.38. The SMILES string of the molecule is CCCS(=O)(=O)N(C)CC(=O)Nc1cc(Cl)ccc1OC. The molecule has 0 aliphatic rings. The van der Waals surface area contributed by atoms with Crippen molar-refractivity contribution >= 4 is 33.2 Å². The number of hydrogen-bond donors (Lipinski definition) is 1. The molecule has 6 nitrogen and oxygen atoms in total. The molecule has 0 aliphatic heterocycles. The van der Waals surface area contributed by atoms with Crippen LogP contribution in [0.5, 0.6) is 5.75 Å². The number of methoxy groups -OCH3 is 1. The van der Waals surface area contributed by atoms with Gasteiger partial charge < -0.3 is 10.1 Å². The Labute approximate surface area is 130 Å². The molecule has 1 rings (SSSR count). The third-order valence-electron chi connectivity index (χ3n) is 2.74. The molecule has 0 saturated heterocycles. The Hall–Kier alpha value is -1.31. The normalized spacial score (nSPS) is 11.5. The van der Waals surface area contributed by atoms with Crippen molar-refractivity contribution < 1.29 is 17.9 Å². The van der Waals surface area contributed by atoms with Crippen LogP contribution in [0.4, 0.5) is 5.69 Å². The van der Waals surface area contributed by atoms with Gasteiger partial charge in [0.2, 0.25) is 15.9 Å². The number of sulfonamides is 1. The number of amides is 1. The number of nitrogens with one attached hydrogen (secondary N) is 1. The van der Waals surface area contributed by atoms with Crippen molar-refractivity contribution in [3.05, 3.63) is 23.2 Å². The van der Waals surface area contributed by atoms with Crippen LogP contribution in [-0.4, -0.2) is 45.1 Å². The largest absolute Gasteiger partial charge is 0.495 e. The van der Waals surface area contributed by atoms with Crippen molar-refractivity contribution in [1.82, 2.24) is 4.31 Å². The monoisotopic (exact) mass is 334 g/mol. The van der Waals surface area contributed by atoms with Crippen LogP contribution in [0.15, 0.2) is 18.2 Å². The number of benzene rings is 1. The minimum atomic E-state index is -3.41. The molecule has 118 valence electrons. The summed E-state index contributed by atoms with van der Waals surface area (Å²) in [7, 11) is -0.563. The van der Waals surface area contributed by atoms with Gasteiger partial charge in [-0.05, 0) is 24.6 Å². The summed E-state index contributed by atoms with van der Waals surface area (Å²) >= 11 is 5.86. The summed E-state index contributed by atoms with van der Waals surface area (Å²) in [5, 5.41) is 3.04. The van der Waals surface area contributed by atoms with E-state index in [-0.39, 0.29) is 12.3 Å². The van der Waals surface area contributed by atoms with E-state index in [9.17, 15) is 13.2 Å². The molecule has 0 saturated carbocycles. The molecule has 0 atom stereocenters. The molecule has 1 aromatic carbocycles. The number of nitrogens with zero attached hydrogens (tertiary/aromatic N) is 1. The molecule has 0 aliphatic carbocycles. The van der Waals surface area contributed by atoms with Crippen LogP contribution < -0.4 is 10.1 Å². The lowest BCUT2D eigenvalue weighted by Crippen LogP contribution is -2.36. The van der Waals surface area contributed by atoms with Gasteiger partial charge in [-0.15, -0.1) is 0 Å². The second-order valence-corrected chi connectivity index (χ2v) is 7.10. The fraction of sp³-hybridized carbons (Fsp3) is 0.462. The highest BCUT2D eigenvalue weighted by molar-refractivity contribution is 7.89. The van der Waals surface area contributed by atoms with Crippen molar-refractivity contribution in [2.45, 2.75) is 13.3 Å². The highest BCUT2D eigenvalue weighted by Gasteiger charge is 2.20. The third-order valence-corrected chi connectivity index (χ3v) is 4.98. The van der Waals surface area contributed by atoms with E-state index in [0.29, 0.717) is 22.9 Å². The van der Waals surface area contributed by atoms with Crippen LogP contribution in [0, 0.1) is 0 Å². The highest BCUT2D eigenvalue weighted by Crippen LogP contribution is 2.27. The predicted molar refractivity (Wildman–Crippen MR) is 83.3 cm³/mol. The number of hydrogen-bond acceptors (Lipinski definition) is 4. The number of carbonyl (C=O) groups is 1. The van der Waals surface area contributed by atoms with Crippen molar-refractivity contribution in [3.63, 3.8) is 0 Å². The van der Waals surface area contributed by atoms with Crippen molar-refractivity contribution in [2.75, 3.05) is 31.8 Å². The Balaban J connectivity index is 2.76. The molecule has 0 bridgehead atoms. The lowest BCUT2D eigenvalue weighted by atomic mass is 10.3. The second kappa shape index (κ2) is 7.63. The van der Waals surface area contributed by atoms with Crippen LogP contribution in [0.2, 0.25) is 5.02 Å². The zero-order chi connectivity index (χ0) is 16.0. The zero-order valence-electron chi connectivity index (χ0n) is 12.2. The maximum absolute atomic E-state index is 11.9. The maximum Gasteiger partial charge on any atom is 0.239 e. The van der Waals surface area contributed by atoms with Gasteiger partial charge in [0, 0.05) is 12.1 Å². The lowest BCUT2D eigenvalue weighted by Gasteiger charge is -2.17. The van der Waals surface area contributed by atoms with Gasteiger partial charge in [0.25, 0.3) is 0 Å². The third kappa shape index (κ3) is 5.18. The van der Waals surface area contributed by atoms with Crippen molar-refractivity contribution in [3.8, 4) is 5.75 Å². The van der Waals surface area contributed by atoms with Gasteiger partial charge >= 0.3 is 0 Å². The summed E-state index contributed by atoms with van der Waals surface area (Å²) < 4.78 is 29.7. The van der Waals surface area contributed by atoms with E-state index in [1.807, 2.05) is 0 Å². The summed E-state index contributed by atoms with van der Waals surface area (Å²) in [4.78, 5) is 11.9. The van der Waals surface area contributed by atoms with Crippen molar-refractivity contribution in [1.29, 1.82) is 0 Å². The van der Waals surface area contributed by atoms with Crippen molar-refractivity contribution in [2.24, 2.45) is 0 Å². The van der Waals surface area contributed by atoms with Crippen LogP contribution in [0.25, 0.3) is 0 Å². The molecular formula is C13H19ClN2O4S. The molecule has 8 heteroatoms. The Morgan fingerprint density at radius 1 is 1.43 bits per heavy atom.